The van der Waals surface area contributed by atoms with Crippen LogP contribution in [-0.2, 0) is 20.7 Å². The Morgan fingerprint density at radius 2 is 1.64 bits per heavy atom. The standard InChI is InChI=1S/C30H31F6N5O4/c31-19-5-1-17(2-6-19)26(18-3-7-20(32)8-4-18)27(37)28(42)41-25-13-38-12-24(33)23(25)10-9-22-11-39-21(14-44-22)15-45-29(43)40-16-30(34,35)36/h1-8,12-13,21-22,26-27,39H,9-11,14-16,37H2,(H,40,43)(H,41,42)/t21-,22+,27?/m0/s1. The van der Waals surface area contributed by atoms with Crippen LogP contribution in [-0.4, -0.2) is 67.7 Å². The third-order valence-corrected chi connectivity index (χ3v) is 7.12. The van der Waals surface area contributed by atoms with Crippen LogP contribution in [0.5, 0.6) is 0 Å². The predicted octanol–water partition coefficient (Wildman–Crippen LogP) is 4.17. The molecular formula is C30H31F6N5O4. The molecule has 45 heavy (non-hydrogen) atoms. The van der Waals surface area contributed by atoms with Crippen molar-refractivity contribution in [3.8, 4) is 0 Å². The second-order valence-corrected chi connectivity index (χ2v) is 10.4. The summed E-state index contributed by atoms with van der Waals surface area (Å²) < 4.78 is 89.3. The fourth-order valence-corrected chi connectivity index (χ4v) is 4.80. The Balaban J connectivity index is 1.35. The molecule has 9 nitrogen and oxygen atoms in total. The summed E-state index contributed by atoms with van der Waals surface area (Å²) in [4.78, 5) is 28.6. The number of anilines is 1. The molecule has 1 saturated heterocycles. The number of halogens is 6. The van der Waals surface area contributed by atoms with Gasteiger partial charge in [-0.15, -0.1) is 0 Å². The van der Waals surface area contributed by atoms with Crippen molar-refractivity contribution in [1.82, 2.24) is 15.6 Å². The zero-order valence-corrected chi connectivity index (χ0v) is 23.8. The minimum absolute atomic E-state index is 0.0860. The van der Waals surface area contributed by atoms with Crippen molar-refractivity contribution in [2.24, 2.45) is 5.73 Å². The number of alkyl carbamates (subject to hydrolysis) is 1. The van der Waals surface area contributed by atoms with E-state index in [1.54, 1.807) is 5.32 Å². The first-order valence-corrected chi connectivity index (χ1v) is 13.9. The van der Waals surface area contributed by atoms with Gasteiger partial charge in [-0.1, -0.05) is 24.3 Å². The number of rotatable bonds is 11. The highest BCUT2D eigenvalue weighted by atomic mass is 19.4. The summed E-state index contributed by atoms with van der Waals surface area (Å²) in [5, 5.41) is 7.31. The van der Waals surface area contributed by atoms with Gasteiger partial charge in [-0.3, -0.25) is 9.78 Å². The van der Waals surface area contributed by atoms with Crippen LogP contribution in [0.1, 0.15) is 29.0 Å². The molecule has 0 spiro atoms. The molecule has 2 amide bonds. The molecule has 3 atom stereocenters. The minimum Gasteiger partial charge on any atom is -0.448 e. The fraction of sp³-hybridized carbons (Fsp3) is 0.367. The van der Waals surface area contributed by atoms with E-state index in [0.29, 0.717) is 17.5 Å². The van der Waals surface area contributed by atoms with Crippen molar-refractivity contribution in [1.29, 1.82) is 0 Å². The Bertz CT molecular complexity index is 1390. The number of hydrogen-bond acceptors (Lipinski definition) is 7. The van der Waals surface area contributed by atoms with Crippen LogP contribution in [0.4, 0.5) is 36.8 Å². The number of alkyl halides is 3. The lowest BCUT2D eigenvalue weighted by atomic mass is 9.85. The normalized spacial score (nSPS) is 17.5. The van der Waals surface area contributed by atoms with Gasteiger partial charge in [-0.2, -0.15) is 13.2 Å². The molecule has 5 N–H and O–H groups in total. The zero-order valence-electron chi connectivity index (χ0n) is 23.8. The molecule has 3 aromatic rings. The number of aromatic nitrogens is 1. The highest BCUT2D eigenvalue weighted by molar-refractivity contribution is 5.96. The van der Waals surface area contributed by atoms with Crippen LogP contribution in [0.15, 0.2) is 60.9 Å². The zero-order chi connectivity index (χ0) is 32.6. The third-order valence-electron chi connectivity index (χ3n) is 7.12. The molecule has 0 saturated carbocycles. The van der Waals surface area contributed by atoms with Crippen LogP contribution >= 0.6 is 0 Å². The molecule has 4 rings (SSSR count). The number of carbonyl (C=O) groups excluding carboxylic acids is 2. The lowest BCUT2D eigenvalue weighted by molar-refractivity contribution is -0.124. The number of ether oxygens (including phenoxy) is 2. The Morgan fingerprint density at radius 1 is 1.02 bits per heavy atom. The number of amides is 2. The number of nitrogens with two attached hydrogens (primary N) is 1. The van der Waals surface area contributed by atoms with E-state index in [-0.39, 0.29) is 43.5 Å². The summed E-state index contributed by atoms with van der Waals surface area (Å²) in [6.07, 6.45) is -3.42. The van der Waals surface area contributed by atoms with Crippen molar-refractivity contribution < 1.29 is 45.4 Å². The first kappa shape index (κ1) is 33.7. The number of benzene rings is 2. The van der Waals surface area contributed by atoms with Gasteiger partial charge in [-0.05, 0) is 48.2 Å². The van der Waals surface area contributed by atoms with E-state index in [9.17, 15) is 35.9 Å². The van der Waals surface area contributed by atoms with Crippen LogP contribution in [0.2, 0.25) is 0 Å². The average Bonchev–Trinajstić information content (AvgIpc) is 3.01. The van der Waals surface area contributed by atoms with Crippen LogP contribution in [0.25, 0.3) is 0 Å². The Morgan fingerprint density at radius 3 is 2.20 bits per heavy atom. The molecule has 1 aliphatic heterocycles. The third kappa shape index (κ3) is 9.89. The highest BCUT2D eigenvalue weighted by Gasteiger charge is 2.30. The number of hydrogen-bond donors (Lipinski definition) is 4. The molecule has 0 aliphatic carbocycles. The van der Waals surface area contributed by atoms with Crippen LogP contribution in [0, 0.1) is 17.5 Å². The summed E-state index contributed by atoms with van der Waals surface area (Å²) in [6.45, 7) is -1.36. The quantitative estimate of drug-likeness (QED) is 0.232. The number of nitrogens with zero attached hydrogens (tertiary/aromatic N) is 1. The summed E-state index contributed by atoms with van der Waals surface area (Å²) in [5.74, 6) is -3.11. The van der Waals surface area contributed by atoms with E-state index in [1.807, 2.05) is 0 Å². The summed E-state index contributed by atoms with van der Waals surface area (Å²) >= 11 is 0. The number of pyridine rings is 1. The molecule has 242 valence electrons. The topological polar surface area (TPSA) is 128 Å². The maximum atomic E-state index is 14.9. The lowest BCUT2D eigenvalue weighted by Gasteiger charge is -2.30. The van der Waals surface area contributed by atoms with Gasteiger partial charge in [0, 0.05) is 18.0 Å². The van der Waals surface area contributed by atoms with Crippen molar-refractivity contribution in [3.05, 3.63) is 95.1 Å². The predicted molar refractivity (Wildman–Crippen MR) is 151 cm³/mol. The Hall–Kier alpha value is -4.21. The van der Waals surface area contributed by atoms with Gasteiger partial charge in [0.15, 0.2) is 0 Å². The van der Waals surface area contributed by atoms with Gasteiger partial charge in [-0.25, -0.2) is 18.0 Å². The largest absolute Gasteiger partial charge is 0.448 e. The van der Waals surface area contributed by atoms with Crippen molar-refractivity contribution >= 4 is 17.7 Å². The SMILES string of the molecule is NC(C(=O)Nc1cncc(F)c1CC[C@@H]1CN[C@H](COC(=O)NCC(F)(F)F)CO1)C(c1ccc(F)cc1)c1ccc(F)cc1. The maximum absolute atomic E-state index is 14.9. The van der Waals surface area contributed by atoms with E-state index >= 15 is 0 Å². The smallest absolute Gasteiger partial charge is 0.407 e. The van der Waals surface area contributed by atoms with E-state index in [0.717, 1.165) is 6.20 Å². The maximum Gasteiger partial charge on any atom is 0.407 e. The molecule has 1 unspecified atom stereocenters. The molecule has 1 aliphatic rings. The van der Waals surface area contributed by atoms with Crippen LogP contribution < -0.4 is 21.7 Å². The van der Waals surface area contributed by atoms with Crippen LogP contribution in [0.3, 0.4) is 0 Å². The number of morpholine rings is 1. The summed E-state index contributed by atoms with van der Waals surface area (Å²) in [6, 6.07) is 9.09. The first-order chi connectivity index (χ1) is 21.4. The Labute approximate surface area is 254 Å². The molecule has 1 aromatic heterocycles. The number of nitrogens with one attached hydrogen (secondary N) is 3. The molecule has 1 fully saturated rings. The fourth-order valence-electron chi connectivity index (χ4n) is 4.80. The minimum atomic E-state index is -4.56. The van der Waals surface area contributed by atoms with Gasteiger partial charge in [0.05, 0.1) is 42.9 Å². The van der Waals surface area contributed by atoms with E-state index in [4.69, 9.17) is 15.2 Å². The van der Waals surface area contributed by atoms with Gasteiger partial charge >= 0.3 is 12.3 Å². The summed E-state index contributed by atoms with van der Waals surface area (Å²) in [7, 11) is 0. The Kier molecular flexibility index (Phi) is 11.4. The first-order valence-electron chi connectivity index (χ1n) is 13.9. The molecule has 15 heteroatoms. The molecule has 2 heterocycles. The van der Waals surface area contributed by atoms with E-state index in [2.05, 4.69) is 15.6 Å². The monoisotopic (exact) mass is 639 g/mol. The van der Waals surface area contributed by atoms with Gasteiger partial charge in [0.2, 0.25) is 5.91 Å². The second kappa shape index (κ2) is 15.2. The molecule has 2 aromatic carbocycles. The molecule has 0 radical (unpaired) electrons. The number of carbonyl (C=O) groups is 2. The summed E-state index contributed by atoms with van der Waals surface area (Å²) in [5.41, 5.74) is 7.66. The molecule has 0 bridgehead atoms. The van der Waals surface area contributed by atoms with Crippen molar-refractivity contribution in [3.63, 3.8) is 0 Å². The van der Waals surface area contributed by atoms with Crippen molar-refractivity contribution in [2.45, 2.75) is 43.1 Å². The highest BCUT2D eigenvalue weighted by Crippen LogP contribution is 2.29. The van der Waals surface area contributed by atoms with E-state index < -0.39 is 60.2 Å². The van der Waals surface area contributed by atoms with Gasteiger partial charge in [0.25, 0.3) is 0 Å². The lowest BCUT2D eigenvalue weighted by Crippen LogP contribution is -2.49. The van der Waals surface area contributed by atoms with Crippen molar-refractivity contribution in [2.75, 3.05) is 31.6 Å². The van der Waals surface area contributed by atoms with Gasteiger partial charge in [0.1, 0.15) is 30.6 Å². The molecular weight excluding hydrogens is 608 g/mol. The second-order valence-electron chi connectivity index (χ2n) is 10.4. The van der Waals surface area contributed by atoms with E-state index in [1.165, 1.54) is 54.7 Å². The van der Waals surface area contributed by atoms with Gasteiger partial charge < -0.3 is 31.2 Å². The average molecular weight is 640 g/mol.